The van der Waals surface area contributed by atoms with E-state index in [0.29, 0.717) is 35.1 Å². The molecule has 4 aromatic rings. The van der Waals surface area contributed by atoms with Crippen molar-refractivity contribution in [1.29, 1.82) is 0 Å². The molecular formula is C30H33F4N7O2. The van der Waals surface area contributed by atoms with E-state index in [9.17, 15) is 22.4 Å². The molecule has 4 heterocycles. The SMILES string of the molecule is CN1CC[C@@H](Nc2cccc3c2cc(-c2noc(CNC(=O)c4ccc(N5CCCC5)cc4)n2)n3CC(F)(F)F)[C@@H](F)C1. The van der Waals surface area contributed by atoms with Crippen LogP contribution in [0.3, 0.4) is 0 Å². The molecule has 0 saturated carbocycles. The fraction of sp³-hybridized carbons (Fsp3) is 0.433. The Morgan fingerprint density at radius 2 is 1.86 bits per heavy atom. The largest absolute Gasteiger partial charge is 0.406 e. The lowest BCUT2D eigenvalue weighted by Crippen LogP contribution is -2.46. The highest BCUT2D eigenvalue weighted by Crippen LogP contribution is 2.35. The summed E-state index contributed by atoms with van der Waals surface area (Å²) in [6.07, 6.45) is -2.77. The van der Waals surface area contributed by atoms with Crippen molar-refractivity contribution in [3.8, 4) is 11.5 Å². The molecule has 2 saturated heterocycles. The van der Waals surface area contributed by atoms with Crippen molar-refractivity contribution in [3.63, 3.8) is 0 Å². The minimum Gasteiger partial charge on any atom is -0.379 e. The maximum absolute atomic E-state index is 14.8. The summed E-state index contributed by atoms with van der Waals surface area (Å²) in [5.74, 6) is -0.339. The van der Waals surface area contributed by atoms with Crippen LogP contribution in [0.1, 0.15) is 35.5 Å². The molecule has 0 unspecified atom stereocenters. The zero-order valence-corrected chi connectivity index (χ0v) is 23.7. The number of alkyl halides is 4. The summed E-state index contributed by atoms with van der Waals surface area (Å²) >= 11 is 0. The van der Waals surface area contributed by atoms with Gasteiger partial charge in [-0.15, -0.1) is 0 Å². The second-order valence-electron chi connectivity index (χ2n) is 11.2. The number of nitrogens with one attached hydrogen (secondary N) is 2. The third-order valence-electron chi connectivity index (χ3n) is 8.07. The highest BCUT2D eigenvalue weighted by atomic mass is 19.4. The van der Waals surface area contributed by atoms with Crippen molar-refractivity contribution >= 4 is 28.2 Å². The normalized spacial score (nSPS) is 19.7. The lowest BCUT2D eigenvalue weighted by atomic mass is 10.0. The van der Waals surface area contributed by atoms with Gasteiger partial charge in [0, 0.05) is 48.5 Å². The standard InChI is InChI=1S/C30H33F4N7O2/c1-39-14-11-24(22(31)17-39)36-23-5-4-6-25-21(23)15-26(41(25)18-30(32,33)34)28-37-27(43-38-28)16-35-29(42)19-7-9-20(10-8-19)40-12-2-3-13-40/h4-10,15,22,24,36H,2-3,11-14,16-18H2,1H3,(H,35,42)/t22-,24+/m0/s1. The number of hydrogen-bond acceptors (Lipinski definition) is 7. The first-order valence-corrected chi connectivity index (χ1v) is 14.4. The smallest absolute Gasteiger partial charge is 0.379 e. The predicted octanol–water partition coefficient (Wildman–Crippen LogP) is 5.24. The Morgan fingerprint density at radius 1 is 1.09 bits per heavy atom. The molecule has 2 N–H and O–H groups in total. The number of anilines is 2. The fourth-order valence-electron chi connectivity index (χ4n) is 5.85. The molecule has 2 fully saturated rings. The number of benzene rings is 2. The van der Waals surface area contributed by atoms with Gasteiger partial charge in [-0.25, -0.2) is 4.39 Å². The Hall–Kier alpha value is -4.13. The van der Waals surface area contributed by atoms with E-state index in [4.69, 9.17) is 4.52 Å². The van der Waals surface area contributed by atoms with Crippen molar-refractivity contribution in [1.82, 2.24) is 24.9 Å². The zero-order chi connectivity index (χ0) is 30.1. The Morgan fingerprint density at radius 3 is 2.58 bits per heavy atom. The first-order valence-electron chi connectivity index (χ1n) is 14.4. The maximum Gasteiger partial charge on any atom is 0.406 e. The number of amides is 1. The second-order valence-corrected chi connectivity index (χ2v) is 11.2. The van der Waals surface area contributed by atoms with E-state index in [2.05, 4.69) is 25.7 Å². The molecular weight excluding hydrogens is 566 g/mol. The van der Waals surface area contributed by atoms with Gasteiger partial charge >= 0.3 is 6.18 Å². The van der Waals surface area contributed by atoms with Crippen molar-refractivity contribution in [3.05, 3.63) is 60.0 Å². The lowest BCUT2D eigenvalue weighted by molar-refractivity contribution is -0.139. The topological polar surface area (TPSA) is 91.5 Å². The molecule has 13 heteroatoms. The van der Waals surface area contributed by atoms with Crippen molar-refractivity contribution in [2.24, 2.45) is 0 Å². The highest BCUT2D eigenvalue weighted by molar-refractivity contribution is 5.96. The lowest BCUT2D eigenvalue weighted by Gasteiger charge is -2.33. The van der Waals surface area contributed by atoms with Crippen LogP contribution in [0.4, 0.5) is 28.9 Å². The molecule has 0 bridgehead atoms. The van der Waals surface area contributed by atoms with Gasteiger partial charge in [-0.3, -0.25) is 4.79 Å². The highest BCUT2D eigenvalue weighted by Gasteiger charge is 2.32. The van der Waals surface area contributed by atoms with Crippen LogP contribution in [0.2, 0.25) is 0 Å². The monoisotopic (exact) mass is 599 g/mol. The van der Waals surface area contributed by atoms with Crippen molar-refractivity contribution in [2.45, 2.75) is 50.7 Å². The van der Waals surface area contributed by atoms with E-state index < -0.39 is 24.9 Å². The van der Waals surface area contributed by atoms with Crippen LogP contribution in [0.15, 0.2) is 53.1 Å². The number of aromatic nitrogens is 3. The molecule has 0 aliphatic carbocycles. The van der Waals surface area contributed by atoms with Crippen molar-refractivity contribution < 1.29 is 26.9 Å². The Bertz CT molecular complexity index is 1580. The first kappa shape index (κ1) is 29.0. The van der Waals surface area contributed by atoms with Gasteiger partial charge in [0.1, 0.15) is 12.7 Å². The van der Waals surface area contributed by atoms with Crippen LogP contribution in [0, 0.1) is 0 Å². The number of carbonyl (C=O) groups is 1. The zero-order valence-electron chi connectivity index (χ0n) is 23.7. The van der Waals surface area contributed by atoms with Gasteiger partial charge in [-0.05, 0) is 68.8 Å². The summed E-state index contributed by atoms with van der Waals surface area (Å²) in [6.45, 7) is 1.62. The van der Waals surface area contributed by atoms with Crippen LogP contribution in [-0.2, 0) is 13.1 Å². The minimum absolute atomic E-state index is 0.0470. The maximum atomic E-state index is 14.8. The number of nitrogens with zero attached hydrogens (tertiary/aromatic N) is 5. The van der Waals surface area contributed by atoms with Crippen LogP contribution in [0.5, 0.6) is 0 Å². The van der Waals surface area contributed by atoms with Gasteiger partial charge in [0.05, 0.1) is 23.8 Å². The van der Waals surface area contributed by atoms with E-state index in [0.717, 1.165) is 36.2 Å². The Labute approximate surface area is 245 Å². The molecule has 2 aromatic heterocycles. The fourth-order valence-corrected chi connectivity index (χ4v) is 5.85. The van der Waals surface area contributed by atoms with E-state index in [1.165, 1.54) is 0 Å². The predicted molar refractivity (Wildman–Crippen MR) is 155 cm³/mol. The molecule has 228 valence electrons. The first-order chi connectivity index (χ1) is 20.6. The number of likely N-dealkylation sites (tertiary alicyclic amines) is 1. The van der Waals surface area contributed by atoms with E-state index in [-0.39, 0.29) is 36.4 Å². The average Bonchev–Trinajstić information content (AvgIpc) is 3.74. The van der Waals surface area contributed by atoms with Gasteiger partial charge in [0.25, 0.3) is 5.91 Å². The van der Waals surface area contributed by atoms with Crippen LogP contribution < -0.4 is 15.5 Å². The van der Waals surface area contributed by atoms with E-state index in [1.807, 2.05) is 24.1 Å². The number of hydrogen-bond donors (Lipinski definition) is 2. The number of piperidine rings is 1. The third kappa shape index (κ3) is 6.46. The number of carbonyl (C=O) groups excluding carboxylic acids is 1. The van der Waals surface area contributed by atoms with E-state index >= 15 is 0 Å². The van der Waals surface area contributed by atoms with Crippen molar-refractivity contribution in [2.75, 3.05) is 43.4 Å². The summed E-state index contributed by atoms with van der Waals surface area (Å²) in [5.41, 5.74) is 2.47. The molecule has 0 spiro atoms. The van der Waals surface area contributed by atoms with Gasteiger partial charge < -0.3 is 29.5 Å². The Kier molecular flexibility index (Phi) is 7.99. The van der Waals surface area contributed by atoms with Crippen LogP contribution >= 0.6 is 0 Å². The van der Waals surface area contributed by atoms with Gasteiger partial charge in [0.15, 0.2) is 0 Å². The van der Waals surface area contributed by atoms with Gasteiger partial charge in [-0.2, -0.15) is 18.2 Å². The van der Waals surface area contributed by atoms with Gasteiger partial charge in [-0.1, -0.05) is 11.2 Å². The third-order valence-corrected chi connectivity index (χ3v) is 8.07. The summed E-state index contributed by atoms with van der Waals surface area (Å²) in [4.78, 5) is 21.2. The number of fused-ring (bicyclic) bond motifs is 1. The molecule has 1 amide bonds. The molecule has 2 aromatic carbocycles. The second kappa shape index (κ2) is 11.9. The molecule has 2 aliphatic heterocycles. The molecule has 2 atom stereocenters. The van der Waals surface area contributed by atoms with Gasteiger partial charge in [0.2, 0.25) is 11.7 Å². The summed E-state index contributed by atoms with van der Waals surface area (Å²) in [6, 6.07) is 13.4. The quantitative estimate of drug-likeness (QED) is 0.268. The summed E-state index contributed by atoms with van der Waals surface area (Å²) in [7, 11) is 1.85. The Balaban J connectivity index is 1.21. The van der Waals surface area contributed by atoms with Crippen LogP contribution in [-0.4, -0.2) is 77.1 Å². The average molecular weight is 600 g/mol. The molecule has 43 heavy (non-hydrogen) atoms. The molecule has 0 radical (unpaired) electrons. The summed E-state index contributed by atoms with van der Waals surface area (Å²) < 4.78 is 62.2. The minimum atomic E-state index is -4.52. The molecule has 6 rings (SSSR count). The summed E-state index contributed by atoms with van der Waals surface area (Å²) in [5, 5.41) is 10.4. The number of halogens is 4. The molecule has 9 nitrogen and oxygen atoms in total. The van der Waals surface area contributed by atoms with E-state index in [1.54, 1.807) is 36.4 Å². The molecule has 2 aliphatic rings. The number of rotatable bonds is 8. The van der Waals surface area contributed by atoms with Crippen LogP contribution in [0.25, 0.3) is 22.4 Å².